The minimum Gasteiger partial charge on any atom is -0.356 e. The van der Waals surface area contributed by atoms with Crippen molar-refractivity contribution in [2.45, 2.75) is 25.8 Å². The van der Waals surface area contributed by atoms with Gasteiger partial charge in [0, 0.05) is 37.4 Å². The van der Waals surface area contributed by atoms with E-state index in [-0.39, 0.29) is 5.91 Å². The molecule has 0 saturated heterocycles. The van der Waals surface area contributed by atoms with Gasteiger partial charge in [-0.3, -0.25) is 9.78 Å². The molecule has 0 spiro atoms. The van der Waals surface area contributed by atoms with Gasteiger partial charge in [-0.05, 0) is 25.0 Å². The lowest BCUT2D eigenvalue weighted by Gasteiger charge is -2.13. The number of carbonyl (C=O) groups excluding carboxylic acids is 1. The second kappa shape index (κ2) is 6.68. The number of imidazole rings is 1. The molecule has 0 fully saturated rings. The zero-order valence-electron chi connectivity index (χ0n) is 11.0. The Balaban J connectivity index is 1.70. The van der Waals surface area contributed by atoms with Crippen LogP contribution in [0.2, 0.25) is 0 Å². The van der Waals surface area contributed by atoms with E-state index in [1.165, 1.54) is 0 Å². The van der Waals surface area contributed by atoms with Crippen molar-refractivity contribution in [3.05, 3.63) is 48.8 Å². The third-order valence-corrected chi connectivity index (χ3v) is 3.01. The number of nitrogens with zero attached hydrogens (tertiary/aromatic N) is 3. The number of aromatic nitrogens is 3. The summed E-state index contributed by atoms with van der Waals surface area (Å²) in [7, 11) is 0. The molecule has 100 valence electrons. The quantitative estimate of drug-likeness (QED) is 0.856. The molecule has 2 aromatic rings. The fourth-order valence-corrected chi connectivity index (χ4v) is 1.85. The Morgan fingerprint density at radius 3 is 3.00 bits per heavy atom. The smallest absolute Gasteiger partial charge is 0.224 e. The van der Waals surface area contributed by atoms with E-state index in [1.54, 1.807) is 24.9 Å². The Kier molecular flexibility index (Phi) is 4.66. The van der Waals surface area contributed by atoms with Crippen molar-refractivity contribution < 1.29 is 4.79 Å². The molecule has 2 rings (SSSR count). The number of carbonyl (C=O) groups is 1. The Morgan fingerprint density at radius 2 is 2.32 bits per heavy atom. The monoisotopic (exact) mass is 258 g/mol. The van der Waals surface area contributed by atoms with Gasteiger partial charge in [0.15, 0.2) is 0 Å². The average Bonchev–Trinajstić information content (AvgIpc) is 2.93. The maximum absolute atomic E-state index is 11.7. The summed E-state index contributed by atoms with van der Waals surface area (Å²) in [5, 5.41) is 2.92. The van der Waals surface area contributed by atoms with Crippen LogP contribution in [-0.4, -0.2) is 27.0 Å². The van der Waals surface area contributed by atoms with Crippen LogP contribution in [0, 0.1) is 0 Å². The molecule has 0 aliphatic rings. The van der Waals surface area contributed by atoms with Gasteiger partial charge in [0.05, 0.1) is 12.7 Å². The zero-order chi connectivity index (χ0) is 13.5. The highest BCUT2D eigenvalue weighted by atomic mass is 16.1. The largest absolute Gasteiger partial charge is 0.356 e. The standard InChI is InChI=1S/C14H18N4O/c1-12(18-8-7-16-11-18)4-6-17-14(19)9-13-3-2-5-15-10-13/h2-3,5,7-8,10-12H,4,6,9H2,1H3,(H,17,19)/t12-/m0/s1. The van der Waals surface area contributed by atoms with E-state index in [0.29, 0.717) is 19.0 Å². The van der Waals surface area contributed by atoms with Gasteiger partial charge in [-0.15, -0.1) is 0 Å². The van der Waals surface area contributed by atoms with E-state index < -0.39 is 0 Å². The van der Waals surface area contributed by atoms with Crippen LogP contribution < -0.4 is 5.32 Å². The first-order valence-electron chi connectivity index (χ1n) is 6.39. The van der Waals surface area contributed by atoms with Gasteiger partial charge in [0.25, 0.3) is 0 Å². The van der Waals surface area contributed by atoms with Crippen LogP contribution in [-0.2, 0) is 11.2 Å². The highest BCUT2D eigenvalue weighted by molar-refractivity contribution is 5.78. The molecule has 19 heavy (non-hydrogen) atoms. The van der Waals surface area contributed by atoms with E-state index in [9.17, 15) is 4.79 Å². The SMILES string of the molecule is C[C@@H](CCNC(=O)Cc1cccnc1)n1ccnc1. The van der Waals surface area contributed by atoms with Crippen LogP contribution in [0.4, 0.5) is 0 Å². The number of amides is 1. The van der Waals surface area contributed by atoms with Crippen molar-refractivity contribution in [3.8, 4) is 0 Å². The molecule has 5 heteroatoms. The Bertz CT molecular complexity index is 495. The van der Waals surface area contributed by atoms with Crippen molar-refractivity contribution in [1.82, 2.24) is 19.9 Å². The first-order valence-corrected chi connectivity index (χ1v) is 6.39. The first kappa shape index (κ1) is 13.3. The molecular weight excluding hydrogens is 240 g/mol. The summed E-state index contributed by atoms with van der Waals surface area (Å²) in [6.07, 6.45) is 10.2. The van der Waals surface area contributed by atoms with E-state index in [1.807, 2.05) is 22.9 Å². The molecule has 0 aromatic carbocycles. The van der Waals surface area contributed by atoms with E-state index >= 15 is 0 Å². The lowest BCUT2D eigenvalue weighted by atomic mass is 10.2. The minimum atomic E-state index is 0.0332. The van der Waals surface area contributed by atoms with Crippen LogP contribution in [0.15, 0.2) is 43.2 Å². The predicted octanol–water partition coefficient (Wildman–Crippen LogP) is 1.59. The summed E-state index contributed by atoms with van der Waals surface area (Å²) in [5.41, 5.74) is 0.933. The van der Waals surface area contributed by atoms with Gasteiger partial charge in [-0.1, -0.05) is 6.07 Å². The lowest BCUT2D eigenvalue weighted by Crippen LogP contribution is -2.27. The predicted molar refractivity (Wildman–Crippen MR) is 72.5 cm³/mol. The molecule has 1 amide bonds. The molecule has 0 bridgehead atoms. The van der Waals surface area contributed by atoms with Crippen molar-refractivity contribution >= 4 is 5.91 Å². The van der Waals surface area contributed by atoms with Gasteiger partial charge in [-0.25, -0.2) is 4.98 Å². The Labute approximate surface area is 112 Å². The molecule has 0 aliphatic carbocycles. The minimum absolute atomic E-state index is 0.0332. The second-order valence-electron chi connectivity index (χ2n) is 4.54. The molecule has 1 atom stereocenters. The van der Waals surface area contributed by atoms with E-state index in [0.717, 1.165) is 12.0 Å². The zero-order valence-corrected chi connectivity index (χ0v) is 11.0. The summed E-state index contributed by atoms with van der Waals surface area (Å²) in [4.78, 5) is 19.7. The Morgan fingerprint density at radius 1 is 1.42 bits per heavy atom. The molecule has 2 aromatic heterocycles. The van der Waals surface area contributed by atoms with Gasteiger partial charge >= 0.3 is 0 Å². The average molecular weight is 258 g/mol. The van der Waals surface area contributed by atoms with E-state index in [2.05, 4.69) is 22.2 Å². The molecule has 1 N–H and O–H groups in total. The van der Waals surface area contributed by atoms with Crippen molar-refractivity contribution in [1.29, 1.82) is 0 Å². The second-order valence-corrected chi connectivity index (χ2v) is 4.54. The topological polar surface area (TPSA) is 59.8 Å². The van der Waals surface area contributed by atoms with Crippen molar-refractivity contribution in [2.24, 2.45) is 0 Å². The third kappa shape index (κ3) is 4.21. The third-order valence-electron chi connectivity index (χ3n) is 3.01. The normalized spacial score (nSPS) is 12.1. The first-order chi connectivity index (χ1) is 9.25. The molecule has 5 nitrogen and oxygen atoms in total. The molecular formula is C14H18N4O. The number of hydrogen-bond acceptors (Lipinski definition) is 3. The van der Waals surface area contributed by atoms with Crippen LogP contribution in [0.3, 0.4) is 0 Å². The molecule has 0 radical (unpaired) electrons. The van der Waals surface area contributed by atoms with Gasteiger partial charge < -0.3 is 9.88 Å². The summed E-state index contributed by atoms with van der Waals surface area (Å²) in [6.45, 7) is 2.77. The lowest BCUT2D eigenvalue weighted by molar-refractivity contribution is -0.120. The van der Waals surface area contributed by atoms with Crippen LogP contribution >= 0.6 is 0 Å². The summed E-state index contributed by atoms with van der Waals surface area (Å²) < 4.78 is 2.03. The number of nitrogens with one attached hydrogen (secondary N) is 1. The van der Waals surface area contributed by atoms with Crippen LogP contribution in [0.5, 0.6) is 0 Å². The number of hydrogen-bond donors (Lipinski definition) is 1. The van der Waals surface area contributed by atoms with Gasteiger partial charge in [0.2, 0.25) is 5.91 Å². The molecule has 0 saturated carbocycles. The van der Waals surface area contributed by atoms with Gasteiger partial charge in [0.1, 0.15) is 0 Å². The maximum atomic E-state index is 11.7. The molecule has 2 heterocycles. The highest BCUT2D eigenvalue weighted by Crippen LogP contribution is 2.08. The van der Waals surface area contributed by atoms with Crippen LogP contribution in [0.1, 0.15) is 24.9 Å². The van der Waals surface area contributed by atoms with Gasteiger partial charge in [-0.2, -0.15) is 0 Å². The maximum Gasteiger partial charge on any atom is 0.224 e. The van der Waals surface area contributed by atoms with Crippen LogP contribution in [0.25, 0.3) is 0 Å². The highest BCUT2D eigenvalue weighted by Gasteiger charge is 2.06. The Hall–Kier alpha value is -2.17. The number of rotatable bonds is 6. The molecule has 0 aliphatic heterocycles. The van der Waals surface area contributed by atoms with Crippen molar-refractivity contribution in [3.63, 3.8) is 0 Å². The van der Waals surface area contributed by atoms with Crippen molar-refractivity contribution in [2.75, 3.05) is 6.54 Å². The number of pyridine rings is 1. The molecule has 0 unspecified atom stereocenters. The summed E-state index contributed by atoms with van der Waals surface area (Å²) in [6, 6.07) is 4.07. The fraction of sp³-hybridized carbons (Fsp3) is 0.357. The fourth-order valence-electron chi connectivity index (χ4n) is 1.85. The summed E-state index contributed by atoms with van der Waals surface area (Å²) >= 11 is 0. The van der Waals surface area contributed by atoms with E-state index in [4.69, 9.17) is 0 Å². The summed E-state index contributed by atoms with van der Waals surface area (Å²) in [5.74, 6) is 0.0332.